The van der Waals surface area contributed by atoms with Gasteiger partial charge < -0.3 is 19.9 Å². The van der Waals surface area contributed by atoms with Gasteiger partial charge in [0.05, 0.1) is 12.6 Å². The minimum Gasteiger partial charge on any atom is -0.479 e. The van der Waals surface area contributed by atoms with Gasteiger partial charge in [-0.15, -0.1) is 0 Å². The van der Waals surface area contributed by atoms with Crippen LogP contribution in [0.25, 0.3) is 0 Å². The summed E-state index contributed by atoms with van der Waals surface area (Å²) in [6, 6.07) is -0.353. The van der Waals surface area contributed by atoms with Gasteiger partial charge in [-0.25, -0.2) is 4.79 Å². The van der Waals surface area contributed by atoms with Crippen molar-refractivity contribution in [1.82, 2.24) is 10.2 Å². The van der Waals surface area contributed by atoms with E-state index in [2.05, 4.69) is 5.32 Å². The molecule has 1 aliphatic heterocycles. The first-order valence-electron chi connectivity index (χ1n) is 6.41. The van der Waals surface area contributed by atoms with Gasteiger partial charge in [0.15, 0.2) is 6.10 Å². The third-order valence-electron chi connectivity index (χ3n) is 3.12. The van der Waals surface area contributed by atoms with E-state index in [0.29, 0.717) is 26.3 Å². The largest absolute Gasteiger partial charge is 0.479 e. The average molecular weight is 274 g/mol. The van der Waals surface area contributed by atoms with Crippen LogP contribution < -0.4 is 5.32 Å². The number of rotatable bonds is 7. The van der Waals surface area contributed by atoms with Crippen LogP contribution in [0.1, 0.15) is 13.3 Å². The Morgan fingerprint density at radius 1 is 1.58 bits per heavy atom. The topological polar surface area (TPSA) is 88.1 Å². The van der Waals surface area contributed by atoms with E-state index in [1.807, 2.05) is 4.90 Å². The zero-order chi connectivity index (χ0) is 14.3. The van der Waals surface area contributed by atoms with Gasteiger partial charge >= 0.3 is 5.97 Å². The second kappa shape index (κ2) is 8.08. The van der Waals surface area contributed by atoms with Crippen LogP contribution in [-0.4, -0.2) is 74.0 Å². The number of amides is 1. The molecule has 2 atom stereocenters. The lowest BCUT2D eigenvalue weighted by molar-refractivity contribution is -0.158. The second-order valence-corrected chi connectivity index (χ2v) is 4.51. The predicted molar refractivity (Wildman–Crippen MR) is 67.9 cm³/mol. The number of carboxylic acids is 1. The molecule has 0 aromatic rings. The van der Waals surface area contributed by atoms with Crippen LogP contribution in [-0.2, 0) is 19.1 Å². The maximum Gasteiger partial charge on any atom is 0.334 e. The molecule has 7 heteroatoms. The number of hydrogen-bond acceptors (Lipinski definition) is 5. The molecule has 7 nitrogen and oxygen atoms in total. The van der Waals surface area contributed by atoms with Gasteiger partial charge in [0, 0.05) is 33.4 Å². The van der Waals surface area contributed by atoms with Crippen LogP contribution in [0.5, 0.6) is 0 Å². The van der Waals surface area contributed by atoms with Gasteiger partial charge in [-0.05, 0) is 13.3 Å². The Balaban J connectivity index is 2.36. The first kappa shape index (κ1) is 15.9. The van der Waals surface area contributed by atoms with E-state index in [9.17, 15) is 9.59 Å². The fraction of sp³-hybridized carbons (Fsp3) is 0.833. The molecule has 0 saturated carbocycles. The third-order valence-corrected chi connectivity index (χ3v) is 3.12. The number of carbonyl (C=O) groups is 2. The number of methoxy groups -OCH3 is 1. The molecule has 1 amide bonds. The molecular formula is C12H22N2O5. The molecule has 110 valence electrons. The number of nitrogens with one attached hydrogen (secondary N) is 1. The number of morpholine rings is 1. The number of aliphatic carboxylic acids is 1. The first-order valence-corrected chi connectivity index (χ1v) is 6.41. The van der Waals surface area contributed by atoms with Crippen LogP contribution in [0.4, 0.5) is 0 Å². The lowest BCUT2D eigenvalue weighted by atomic mass is 10.2. The first-order chi connectivity index (χ1) is 9.06. The van der Waals surface area contributed by atoms with E-state index in [4.69, 9.17) is 14.6 Å². The Labute approximate surface area is 112 Å². The van der Waals surface area contributed by atoms with E-state index in [-0.39, 0.29) is 18.5 Å². The molecule has 1 fully saturated rings. The molecule has 1 rings (SSSR count). The summed E-state index contributed by atoms with van der Waals surface area (Å²) in [5.74, 6) is -1.08. The molecular weight excluding hydrogens is 252 g/mol. The van der Waals surface area contributed by atoms with Crippen molar-refractivity contribution in [3.63, 3.8) is 0 Å². The molecule has 19 heavy (non-hydrogen) atoms. The van der Waals surface area contributed by atoms with Crippen LogP contribution >= 0.6 is 0 Å². The van der Waals surface area contributed by atoms with Crippen molar-refractivity contribution in [1.29, 1.82) is 0 Å². The number of ether oxygens (including phenoxy) is 2. The summed E-state index contributed by atoms with van der Waals surface area (Å²) in [6.07, 6.45) is -0.0898. The lowest BCUT2D eigenvalue weighted by Gasteiger charge is -2.34. The third kappa shape index (κ3) is 5.14. The van der Waals surface area contributed by atoms with E-state index in [1.54, 1.807) is 14.0 Å². The van der Waals surface area contributed by atoms with Crippen molar-refractivity contribution in [3.05, 3.63) is 0 Å². The maximum atomic E-state index is 11.9. The fourth-order valence-electron chi connectivity index (χ4n) is 1.91. The van der Waals surface area contributed by atoms with Crippen molar-refractivity contribution < 1.29 is 24.2 Å². The quantitative estimate of drug-likeness (QED) is 0.598. The normalized spacial score (nSPS) is 21.9. The second-order valence-electron chi connectivity index (χ2n) is 4.51. The van der Waals surface area contributed by atoms with Crippen molar-refractivity contribution in [2.24, 2.45) is 0 Å². The number of hydrogen-bond donors (Lipinski definition) is 2. The van der Waals surface area contributed by atoms with Crippen molar-refractivity contribution in [2.75, 3.05) is 40.0 Å². The van der Waals surface area contributed by atoms with Gasteiger partial charge in [0.25, 0.3) is 0 Å². The molecule has 0 bridgehead atoms. The van der Waals surface area contributed by atoms with Crippen molar-refractivity contribution in [3.8, 4) is 0 Å². The molecule has 0 spiro atoms. The summed E-state index contributed by atoms with van der Waals surface area (Å²) < 4.78 is 10.0. The standard InChI is InChI=1S/C12H22N2O5/c1-9(11(15)13-4-3-6-18-2)14-5-7-19-10(8-14)12(16)17/h9-10H,3-8H2,1-2H3,(H,13,15)(H,16,17). The van der Waals surface area contributed by atoms with Crippen molar-refractivity contribution >= 4 is 11.9 Å². The van der Waals surface area contributed by atoms with E-state index < -0.39 is 12.1 Å². The summed E-state index contributed by atoms with van der Waals surface area (Å²) in [7, 11) is 1.62. The zero-order valence-electron chi connectivity index (χ0n) is 11.4. The fourth-order valence-corrected chi connectivity index (χ4v) is 1.91. The predicted octanol–water partition coefficient (Wildman–Crippen LogP) is -0.687. The highest BCUT2D eigenvalue weighted by Crippen LogP contribution is 2.09. The summed E-state index contributed by atoms with van der Waals surface area (Å²) in [5, 5.41) is 11.7. The SMILES string of the molecule is COCCCNC(=O)C(C)N1CCOC(C(=O)O)C1. The molecule has 0 radical (unpaired) electrons. The highest BCUT2D eigenvalue weighted by Gasteiger charge is 2.31. The molecule has 2 unspecified atom stereocenters. The Hall–Kier alpha value is -1.18. The van der Waals surface area contributed by atoms with Gasteiger partial charge in [-0.1, -0.05) is 0 Å². The molecule has 0 aromatic carbocycles. The highest BCUT2D eigenvalue weighted by molar-refractivity contribution is 5.81. The van der Waals surface area contributed by atoms with Gasteiger partial charge in [0.2, 0.25) is 5.91 Å². The number of nitrogens with zero attached hydrogens (tertiary/aromatic N) is 1. The van der Waals surface area contributed by atoms with E-state index in [0.717, 1.165) is 6.42 Å². The Morgan fingerprint density at radius 3 is 2.95 bits per heavy atom. The molecule has 2 N–H and O–H groups in total. The van der Waals surface area contributed by atoms with E-state index in [1.165, 1.54) is 0 Å². The van der Waals surface area contributed by atoms with Crippen LogP contribution in [0.3, 0.4) is 0 Å². The summed E-state index contributed by atoms with van der Waals surface area (Å²) in [4.78, 5) is 24.6. The van der Waals surface area contributed by atoms with Gasteiger partial charge in [-0.2, -0.15) is 0 Å². The summed E-state index contributed by atoms with van der Waals surface area (Å²) in [5.41, 5.74) is 0. The average Bonchev–Trinajstić information content (AvgIpc) is 2.42. The summed E-state index contributed by atoms with van der Waals surface area (Å²) >= 11 is 0. The summed E-state index contributed by atoms with van der Waals surface area (Å²) in [6.45, 7) is 4.07. The van der Waals surface area contributed by atoms with Gasteiger partial charge in [0.1, 0.15) is 0 Å². The Morgan fingerprint density at radius 2 is 2.32 bits per heavy atom. The number of carboxylic acid groups (broad SMARTS) is 1. The van der Waals surface area contributed by atoms with Crippen LogP contribution in [0.2, 0.25) is 0 Å². The Bertz CT molecular complexity index is 310. The van der Waals surface area contributed by atoms with Crippen LogP contribution in [0.15, 0.2) is 0 Å². The molecule has 1 saturated heterocycles. The molecule has 1 aliphatic rings. The van der Waals surface area contributed by atoms with Crippen molar-refractivity contribution in [2.45, 2.75) is 25.5 Å². The van der Waals surface area contributed by atoms with Crippen LogP contribution in [0, 0.1) is 0 Å². The van der Waals surface area contributed by atoms with Gasteiger partial charge in [-0.3, -0.25) is 9.69 Å². The van der Waals surface area contributed by atoms with E-state index >= 15 is 0 Å². The monoisotopic (exact) mass is 274 g/mol. The Kier molecular flexibility index (Phi) is 6.75. The number of carbonyl (C=O) groups excluding carboxylic acids is 1. The highest BCUT2D eigenvalue weighted by atomic mass is 16.5. The minimum atomic E-state index is -0.989. The molecule has 0 aliphatic carbocycles. The molecule has 0 aromatic heterocycles. The zero-order valence-corrected chi connectivity index (χ0v) is 11.4. The maximum absolute atomic E-state index is 11.9. The lowest BCUT2D eigenvalue weighted by Crippen LogP contribution is -2.54. The smallest absolute Gasteiger partial charge is 0.334 e. The molecule has 1 heterocycles. The minimum absolute atomic E-state index is 0.0952.